The van der Waals surface area contributed by atoms with Gasteiger partial charge in [0.1, 0.15) is 6.04 Å². The average molecular weight is 294 g/mol. The second-order valence-electron chi connectivity index (χ2n) is 4.68. The third kappa shape index (κ3) is 3.07. The third-order valence-electron chi connectivity index (χ3n) is 3.33. The highest BCUT2D eigenvalue weighted by atomic mass is 32.2. The van der Waals surface area contributed by atoms with Crippen LogP contribution in [0.25, 0.3) is 0 Å². The van der Waals surface area contributed by atoms with Crippen molar-refractivity contribution in [3.05, 3.63) is 29.8 Å². The Balaban J connectivity index is 2.12. The monoisotopic (exact) mass is 294 g/mol. The molecule has 2 atom stereocenters. The summed E-state index contributed by atoms with van der Waals surface area (Å²) in [6.07, 6.45) is 0.886. The van der Waals surface area contributed by atoms with Crippen molar-refractivity contribution in [3.8, 4) is 0 Å². The zero-order valence-corrected chi connectivity index (χ0v) is 12.3. The van der Waals surface area contributed by atoms with E-state index in [2.05, 4.69) is 5.32 Å². The number of rotatable bonds is 3. The van der Waals surface area contributed by atoms with Crippen LogP contribution in [0.1, 0.15) is 19.4 Å². The minimum Gasteiger partial charge on any atom is -0.480 e. The summed E-state index contributed by atoms with van der Waals surface area (Å²) in [6, 6.07) is 6.46. The molecule has 1 aliphatic rings. The van der Waals surface area contributed by atoms with Gasteiger partial charge in [0.05, 0.1) is 5.37 Å². The number of nitrogens with zero attached hydrogens (tertiary/aromatic N) is 1. The lowest BCUT2D eigenvalue weighted by molar-refractivity contribution is -0.141. The molecule has 2 amide bonds. The van der Waals surface area contributed by atoms with Gasteiger partial charge in [-0.15, -0.1) is 11.8 Å². The van der Waals surface area contributed by atoms with Crippen LogP contribution in [-0.2, 0) is 11.2 Å². The standard InChI is InChI=1S/C14H18N2O3S/c1-3-10-5-4-6-11(7-10)15-14(19)16-9(2)20-8-12(16)13(17)18/h4-7,9,12H,3,8H2,1-2H3,(H,15,19)(H,17,18). The first-order valence-corrected chi connectivity index (χ1v) is 7.60. The lowest BCUT2D eigenvalue weighted by Crippen LogP contribution is -2.46. The smallest absolute Gasteiger partial charge is 0.327 e. The van der Waals surface area contributed by atoms with Crippen molar-refractivity contribution in [2.24, 2.45) is 0 Å². The molecule has 1 aromatic carbocycles. The predicted octanol–water partition coefficient (Wildman–Crippen LogP) is 2.63. The van der Waals surface area contributed by atoms with E-state index < -0.39 is 12.0 Å². The van der Waals surface area contributed by atoms with Crippen molar-refractivity contribution in [3.63, 3.8) is 0 Å². The summed E-state index contributed by atoms with van der Waals surface area (Å²) in [5.74, 6) is -0.529. The molecule has 20 heavy (non-hydrogen) atoms. The molecule has 5 nitrogen and oxygen atoms in total. The number of carboxylic acids is 1. The molecule has 1 saturated heterocycles. The summed E-state index contributed by atoms with van der Waals surface area (Å²) in [7, 11) is 0. The number of benzene rings is 1. The van der Waals surface area contributed by atoms with E-state index in [4.69, 9.17) is 5.11 Å². The lowest BCUT2D eigenvalue weighted by atomic mass is 10.1. The van der Waals surface area contributed by atoms with Crippen molar-refractivity contribution < 1.29 is 14.7 Å². The maximum Gasteiger partial charge on any atom is 0.327 e. The fourth-order valence-corrected chi connectivity index (χ4v) is 3.37. The quantitative estimate of drug-likeness (QED) is 0.899. The van der Waals surface area contributed by atoms with E-state index >= 15 is 0 Å². The van der Waals surface area contributed by atoms with Crippen molar-refractivity contribution in [2.75, 3.05) is 11.1 Å². The number of nitrogens with one attached hydrogen (secondary N) is 1. The SMILES string of the molecule is CCc1cccc(NC(=O)N2C(C)SCC2C(=O)O)c1. The number of aryl methyl sites for hydroxylation is 1. The Morgan fingerprint density at radius 2 is 2.25 bits per heavy atom. The Kier molecular flexibility index (Phi) is 4.54. The number of carboxylic acid groups (broad SMARTS) is 1. The van der Waals surface area contributed by atoms with Gasteiger partial charge in [-0.25, -0.2) is 9.59 Å². The first-order valence-electron chi connectivity index (χ1n) is 6.55. The van der Waals surface area contributed by atoms with Gasteiger partial charge in [0.2, 0.25) is 0 Å². The Morgan fingerprint density at radius 1 is 1.50 bits per heavy atom. The summed E-state index contributed by atoms with van der Waals surface area (Å²) in [4.78, 5) is 24.9. The zero-order valence-electron chi connectivity index (χ0n) is 11.5. The highest BCUT2D eigenvalue weighted by Crippen LogP contribution is 2.29. The fourth-order valence-electron chi connectivity index (χ4n) is 2.20. The van der Waals surface area contributed by atoms with Crippen LogP contribution in [0.15, 0.2) is 24.3 Å². The fraction of sp³-hybridized carbons (Fsp3) is 0.429. The maximum atomic E-state index is 12.3. The minimum atomic E-state index is -0.959. The highest BCUT2D eigenvalue weighted by Gasteiger charge is 2.39. The van der Waals surface area contributed by atoms with Crippen molar-refractivity contribution in [1.82, 2.24) is 4.90 Å². The molecule has 0 saturated carbocycles. The zero-order chi connectivity index (χ0) is 14.7. The second-order valence-corrected chi connectivity index (χ2v) is 6.03. The summed E-state index contributed by atoms with van der Waals surface area (Å²) >= 11 is 1.47. The highest BCUT2D eigenvalue weighted by molar-refractivity contribution is 8.00. The molecule has 6 heteroatoms. The molecule has 0 aromatic heterocycles. The van der Waals surface area contributed by atoms with Crippen molar-refractivity contribution in [2.45, 2.75) is 31.7 Å². The van der Waals surface area contributed by atoms with E-state index in [0.717, 1.165) is 12.0 Å². The molecule has 0 spiro atoms. The summed E-state index contributed by atoms with van der Waals surface area (Å²) in [5, 5.41) is 11.8. The van der Waals surface area contributed by atoms with Crippen LogP contribution in [0, 0.1) is 0 Å². The molecular weight excluding hydrogens is 276 g/mol. The van der Waals surface area contributed by atoms with E-state index in [1.165, 1.54) is 16.7 Å². The van der Waals surface area contributed by atoms with Crippen LogP contribution in [0.5, 0.6) is 0 Å². The summed E-state index contributed by atoms with van der Waals surface area (Å²) in [5.41, 5.74) is 1.82. The largest absolute Gasteiger partial charge is 0.480 e. The summed E-state index contributed by atoms with van der Waals surface area (Å²) in [6.45, 7) is 3.89. The molecule has 1 aliphatic heterocycles. The van der Waals surface area contributed by atoms with Gasteiger partial charge in [-0.1, -0.05) is 19.1 Å². The number of urea groups is 1. The number of carbonyl (C=O) groups is 2. The molecule has 108 valence electrons. The van der Waals surface area contributed by atoms with Crippen LogP contribution in [0.2, 0.25) is 0 Å². The van der Waals surface area contributed by atoms with Gasteiger partial charge < -0.3 is 10.4 Å². The van der Waals surface area contributed by atoms with Crippen molar-refractivity contribution >= 4 is 29.4 Å². The van der Waals surface area contributed by atoms with Gasteiger partial charge in [0, 0.05) is 11.4 Å². The maximum absolute atomic E-state index is 12.3. The molecule has 1 aromatic rings. The van der Waals surface area contributed by atoms with Gasteiger partial charge in [-0.2, -0.15) is 0 Å². The average Bonchev–Trinajstić information content (AvgIpc) is 2.81. The molecule has 2 rings (SSSR count). The van der Waals surface area contributed by atoms with Gasteiger partial charge in [0.15, 0.2) is 0 Å². The Bertz CT molecular complexity index is 521. The number of hydrogen-bond donors (Lipinski definition) is 2. The number of anilines is 1. The van der Waals surface area contributed by atoms with Crippen LogP contribution < -0.4 is 5.32 Å². The van der Waals surface area contributed by atoms with Crippen LogP contribution in [-0.4, -0.2) is 39.2 Å². The molecule has 2 unspecified atom stereocenters. The van der Waals surface area contributed by atoms with Gasteiger partial charge in [-0.3, -0.25) is 4.90 Å². The van der Waals surface area contributed by atoms with Crippen LogP contribution >= 0.6 is 11.8 Å². The van der Waals surface area contributed by atoms with Gasteiger partial charge >= 0.3 is 12.0 Å². The number of amides is 2. The van der Waals surface area contributed by atoms with Gasteiger partial charge in [-0.05, 0) is 31.0 Å². The van der Waals surface area contributed by atoms with Crippen LogP contribution in [0.4, 0.5) is 10.5 Å². The normalized spacial score (nSPS) is 21.8. The van der Waals surface area contributed by atoms with E-state index in [1.807, 2.05) is 32.0 Å². The number of aliphatic carboxylic acids is 1. The van der Waals surface area contributed by atoms with Gasteiger partial charge in [0.25, 0.3) is 0 Å². The van der Waals surface area contributed by atoms with E-state index in [-0.39, 0.29) is 11.4 Å². The first-order chi connectivity index (χ1) is 9.52. The Morgan fingerprint density at radius 3 is 2.90 bits per heavy atom. The second kappa shape index (κ2) is 6.17. The molecule has 1 heterocycles. The molecule has 0 aliphatic carbocycles. The van der Waals surface area contributed by atoms with E-state index in [1.54, 1.807) is 6.07 Å². The lowest BCUT2D eigenvalue weighted by Gasteiger charge is -2.25. The number of carbonyl (C=O) groups excluding carboxylic acids is 1. The molecular formula is C14H18N2O3S. The molecule has 0 bridgehead atoms. The number of thioether (sulfide) groups is 1. The molecule has 2 N–H and O–H groups in total. The molecule has 1 fully saturated rings. The van der Waals surface area contributed by atoms with E-state index in [0.29, 0.717) is 11.4 Å². The Labute approximate surface area is 122 Å². The van der Waals surface area contributed by atoms with E-state index in [9.17, 15) is 9.59 Å². The van der Waals surface area contributed by atoms with Crippen LogP contribution in [0.3, 0.4) is 0 Å². The predicted molar refractivity (Wildman–Crippen MR) is 80.0 cm³/mol. The first kappa shape index (κ1) is 14.7. The van der Waals surface area contributed by atoms with Crippen molar-refractivity contribution in [1.29, 1.82) is 0 Å². The molecule has 0 radical (unpaired) electrons. The number of hydrogen-bond acceptors (Lipinski definition) is 3. The topological polar surface area (TPSA) is 69.6 Å². The Hall–Kier alpha value is -1.69. The minimum absolute atomic E-state index is 0.134. The summed E-state index contributed by atoms with van der Waals surface area (Å²) < 4.78 is 0. The third-order valence-corrected chi connectivity index (χ3v) is 4.55.